The predicted molar refractivity (Wildman–Crippen MR) is 146 cm³/mol. The van der Waals surface area contributed by atoms with Gasteiger partial charge in [-0.15, -0.1) is 0 Å². The van der Waals surface area contributed by atoms with Crippen LogP contribution in [0, 0.1) is 0 Å². The minimum Gasteiger partial charge on any atom is -0.492 e. The van der Waals surface area contributed by atoms with Gasteiger partial charge in [-0.25, -0.2) is 0 Å². The van der Waals surface area contributed by atoms with Gasteiger partial charge in [0, 0.05) is 19.8 Å². The normalized spacial score (nSPS) is 23.6. The summed E-state index contributed by atoms with van der Waals surface area (Å²) in [7, 11) is 0. The number of hydrogen-bond acceptors (Lipinski definition) is 6. The van der Waals surface area contributed by atoms with Crippen molar-refractivity contribution in [2.24, 2.45) is 0 Å². The van der Waals surface area contributed by atoms with Gasteiger partial charge in [0.25, 0.3) is 0 Å². The Bertz CT molecular complexity index is 1250. The number of fused-ring (bicyclic) bond motifs is 15. The standard InChI is InChI=1S/C29H35N5O6/c1-18-25(36)33-24(16-20-6-4-3-5-7-20)27(38)34-29(12-13-29)28(39)30-14-15-40-22-10-8-21(9-11-22)17-23(26(37)31-18)32-19(2)35/h3-11,18,23-24H,12-17H2,1-2H3,(H,30,39)(H,31,37)(H,32,35)(H,33,36)(H,34,38)/t18-,23-,24+/m0/s1. The first kappa shape index (κ1) is 28.6. The van der Waals surface area contributed by atoms with Crippen LogP contribution in [0.15, 0.2) is 54.6 Å². The van der Waals surface area contributed by atoms with Gasteiger partial charge in [-0.2, -0.15) is 0 Å². The van der Waals surface area contributed by atoms with Gasteiger partial charge in [0.15, 0.2) is 0 Å². The highest BCUT2D eigenvalue weighted by molar-refractivity contribution is 5.98. The fourth-order valence-corrected chi connectivity index (χ4v) is 4.51. The van der Waals surface area contributed by atoms with Crippen molar-refractivity contribution < 1.29 is 28.7 Å². The summed E-state index contributed by atoms with van der Waals surface area (Å²) in [6, 6.07) is 13.3. The summed E-state index contributed by atoms with van der Waals surface area (Å²) in [5.41, 5.74) is 0.554. The van der Waals surface area contributed by atoms with Gasteiger partial charge < -0.3 is 31.3 Å². The third-order valence-corrected chi connectivity index (χ3v) is 6.93. The zero-order valence-corrected chi connectivity index (χ0v) is 22.6. The Balaban J connectivity index is 1.57. The average molecular weight is 550 g/mol. The lowest BCUT2D eigenvalue weighted by Gasteiger charge is -2.25. The van der Waals surface area contributed by atoms with E-state index in [2.05, 4.69) is 26.6 Å². The molecule has 0 aromatic heterocycles. The molecule has 1 spiro atoms. The summed E-state index contributed by atoms with van der Waals surface area (Å²) in [6.45, 7) is 3.28. The summed E-state index contributed by atoms with van der Waals surface area (Å²) in [5, 5.41) is 13.7. The van der Waals surface area contributed by atoms with Crippen LogP contribution in [0.5, 0.6) is 5.75 Å². The first-order valence-electron chi connectivity index (χ1n) is 13.4. The lowest BCUT2D eigenvalue weighted by molar-refractivity contribution is -0.134. The van der Waals surface area contributed by atoms with Crippen molar-refractivity contribution in [2.45, 2.75) is 63.2 Å². The molecule has 3 atom stereocenters. The van der Waals surface area contributed by atoms with E-state index in [1.54, 1.807) is 24.3 Å². The Kier molecular flexibility index (Phi) is 9.03. The third kappa shape index (κ3) is 7.58. The molecule has 5 N–H and O–H groups in total. The number of amides is 5. The molecule has 1 aliphatic carbocycles. The molecule has 2 aromatic rings. The number of rotatable bonds is 3. The van der Waals surface area contributed by atoms with Crippen molar-refractivity contribution in [3.05, 3.63) is 65.7 Å². The van der Waals surface area contributed by atoms with E-state index in [0.29, 0.717) is 18.6 Å². The SMILES string of the molecule is CC(=O)N[C@H]1Cc2ccc(cc2)OCCNC(=O)C2(CC2)NC(=O)[C@@H](Cc2ccccc2)NC(=O)[C@H](C)NC1=O. The topological polar surface area (TPSA) is 155 Å². The second-order valence-corrected chi connectivity index (χ2v) is 10.3. The summed E-state index contributed by atoms with van der Waals surface area (Å²) >= 11 is 0. The van der Waals surface area contributed by atoms with E-state index in [0.717, 1.165) is 11.1 Å². The number of carbonyl (C=O) groups is 5. The fourth-order valence-electron chi connectivity index (χ4n) is 4.51. The van der Waals surface area contributed by atoms with Crippen molar-refractivity contribution in [2.75, 3.05) is 13.2 Å². The Labute approximate surface area is 232 Å². The second-order valence-electron chi connectivity index (χ2n) is 10.3. The van der Waals surface area contributed by atoms with Crippen LogP contribution in [0.3, 0.4) is 0 Å². The molecule has 2 bridgehead atoms. The maximum atomic E-state index is 13.4. The molecule has 212 valence electrons. The lowest BCUT2D eigenvalue weighted by atomic mass is 10.0. The molecule has 2 aromatic carbocycles. The van der Waals surface area contributed by atoms with Crippen molar-refractivity contribution in [1.29, 1.82) is 0 Å². The molecule has 40 heavy (non-hydrogen) atoms. The molecule has 11 nitrogen and oxygen atoms in total. The molecule has 0 radical (unpaired) electrons. The van der Waals surface area contributed by atoms with Crippen LogP contribution in [0.1, 0.15) is 37.8 Å². The minimum atomic E-state index is -1.04. The van der Waals surface area contributed by atoms with Gasteiger partial charge in [-0.05, 0) is 43.0 Å². The van der Waals surface area contributed by atoms with Gasteiger partial charge >= 0.3 is 0 Å². The number of carbonyl (C=O) groups excluding carboxylic acids is 5. The number of benzene rings is 2. The Morgan fingerprint density at radius 3 is 2.30 bits per heavy atom. The molecule has 11 heteroatoms. The van der Waals surface area contributed by atoms with E-state index < -0.39 is 41.4 Å². The first-order chi connectivity index (χ1) is 19.1. The molecule has 2 heterocycles. The van der Waals surface area contributed by atoms with E-state index in [4.69, 9.17) is 4.74 Å². The highest BCUT2D eigenvalue weighted by atomic mass is 16.5. The number of nitrogens with one attached hydrogen (secondary N) is 5. The van der Waals surface area contributed by atoms with E-state index in [-0.39, 0.29) is 37.8 Å². The first-order valence-corrected chi connectivity index (χ1v) is 13.4. The maximum absolute atomic E-state index is 13.4. The molecule has 1 saturated carbocycles. The molecule has 5 amide bonds. The van der Waals surface area contributed by atoms with E-state index in [1.165, 1.54) is 13.8 Å². The molecule has 1 fully saturated rings. The van der Waals surface area contributed by atoms with Crippen molar-refractivity contribution in [3.8, 4) is 5.75 Å². The Morgan fingerprint density at radius 2 is 1.65 bits per heavy atom. The molecular weight excluding hydrogens is 514 g/mol. The van der Waals surface area contributed by atoms with E-state index in [9.17, 15) is 24.0 Å². The minimum absolute atomic E-state index is 0.189. The van der Waals surface area contributed by atoms with Gasteiger partial charge in [0.2, 0.25) is 29.5 Å². The van der Waals surface area contributed by atoms with Crippen LogP contribution in [0.2, 0.25) is 0 Å². The second kappa shape index (κ2) is 12.6. The summed E-state index contributed by atoms with van der Waals surface area (Å²) < 4.78 is 5.72. The van der Waals surface area contributed by atoms with Gasteiger partial charge in [-0.3, -0.25) is 24.0 Å². The molecule has 5 rings (SSSR count). The summed E-state index contributed by atoms with van der Waals surface area (Å²) in [5.74, 6) is -1.71. The Morgan fingerprint density at radius 1 is 0.950 bits per heavy atom. The van der Waals surface area contributed by atoms with Crippen LogP contribution < -0.4 is 31.3 Å². The third-order valence-electron chi connectivity index (χ3n) is 6.93. The van der Waals surface area contributed by atoms with Crippen LogP contribution >= 0.6 is 0 Å². The highest BCUT2D eigenvalue weighted by Gasteiger charge is 2.51. The largest absolute Gasteiger partial charge is 0.492 e. The quantitative estimate of drug-likeness (QED) is 0.343. The predicted octanol–water partition coefficient (Wildman–Crippen LogP) is 0.123. The summed E-state index contributed by atoms with van der Waals surface area (Å²) in [6.07, 6.45) is 1.34. The zero-order chi connectivity index (χ0) is 28.7. The lowest BCUT2D eigenvalue weighted by Crippen LogP contribution is -2.59. The van der Waals surface area contributed by atoms with Crippen LogP contribution in [-0.2, 0) is 36.8 Å². The fraction of sp³-hybridized carbons (Fsp3) is 0.414. The molecule has 3 aliphatic rings. The summed E-state index contributed by atoms with van der Waals surface area (Å²) in [4.78, 5) is 64.4. The Hall–Kier alpha value is -4.41. The van der Waals surface area contributed by atoms with E-state index >= 15 is 0 Å². The number of ether oxygens (including phenoxy) is 1. The molecule has 2 aliphatic heterocycles. The van der Waals surface area contributed by atoms with Gasteiger partial charge in [0.05, 0.1) is 6.54 Å². The highest BCUT2D eigenvalue weighted by Crippen LogP contribution is 2.35. The van der Waals surface area contributed by atoms with Gasteiger partial charge in [-0.1, -0.05) is 42.5 Å². The van der Waals surface area contributed by atoms with Crippen molar-refractivity contribution in [3.63, 3.8) is 0 Å². The van der Waals surface area contributed by atoms with Crippen molar-refractivity contribution >= 4 is 29.5 Å². The van der Waals surface area contributed by atoms with Crippen LogP contribution in [-0.4, -0.2) is 66.4 Å². The maximum Gasteiger partial charge on any atom is 0.245 e. The van der Waals surface area contributed by atoms with Gasteiger partial charge in [0.1, 0.15) is 36.0 Å². The van der Waals surface area contributed by atoms with Crippen molar-refractivity contribution in [1.82, 2.24) is 26.6 Å². The molecule has 0 saturated heterocycles. The van der Waals surface area contributed by atoms with E-state index in [1.807, 2.05) is 30.3 Å². The smallest absolute Gasteiger partial charge is 0.245 e. The monoisotopic (exact) mass is 549 g/mol. The molecular formula is C29H35N5O6. The number of hydrogen-bond donors (Lipinski definition) is 5. The molecule has 0 unspecified atom stereocenters. The van der Waals surface area contributed by atoms with Crippen LogP contribution in [0.4, 0.5) is 0 Å². The van der Waals surface area contributed by atoms with Crippen LogP contribution in [0.25, 0.3) is 0 Å². The zero-order valence-electron chi connectivity index (χ0n) is 22.6. The average Bonchev–Trinajstić information content (AvgIpc) is 3.71.